The molecule has 0 radical (unpaired) electrons. The summed E-state index contributed by atoms with van der Waals surface area (Å²) in [5.41, 5.74) is -0.557. The van der Waals surface area contributed by atoms with Crippen LogP contribution in [0.15, 0.2) is 40.8 Å². The lowest BCUT2D eigenvalue weighted by Crippen LogP contribution is -2.22. The van der Waals surface area contributed by atoms with E-state index in [9.17, 15) is 4.79 Å². The average Bonchev–Trinajstić information content (AvgIpc) is 2.94. The number of esters is 1. The Morgan fingerprint density at radius 1 is 1.21 bits per heavy atom. The maximum Gasteiger partial charge on any atom is 0.311 e. The molecular formula is C19H24O5. The predicted octanol–water partition coefficient (Wildman–Crippen LogP) is 4.87. The van der Waals surface area contributed by atoms with E-state index < -0.39 is 5.41 Å². The fraction of sp³-hybridized carbons (Fsp3) is 0.421. The van der Waals surface area contributed by atoms with Crippen LogP contribution in [-0.4, -0.2) is 13.1 Å². The third-order valence-corrected chi connectivity index (χ3v) is 3.43. The molecule has 0 saturated heterocycles. The molecule has 2 rings (SSSR count). The lowest BCUT2D eigenvalue weighted by atomic mass is 9.97. The zero-order valence-corrected chi connectivity index (χ0v) is 14.8. The van der Waals surface area contributed by atoms with Gasteiger partial charge in [-0.3, -0.25) is 4.79 Å². The van der Waals surface area contributed by atoms with Crippen molar-refractivity contribution >= 4 is 5.97 Å². The maximum atomic E-state index is 11.9. The molecule has 0 N–H and O–H groups in total. The van der Waals surface area contributed by atoms with Gasteiger partial charge < -0.3 is 18.6 Å². The summed E-state index contributed by atoms with van der Waals surface area (Å²) in [6, 6.07) is 11.1. The molecule has 5 heteroatoms. The van der Waals surface area contributed by atoms with E-state index in [0.717, 1.165) is 0 Å². The molecule has 1 heterocycles. The smallest absolute Gasteiger partial charge is 0.311 e. The van der Waals surface area contributed by atoms with Crippen LogP contribution in [0.2, 0.25) is 0 Å². The Balaban J connectivity index is 2.17. The van der Waals surface area contributed by atoms with Gasteiger partial charge in [-0.25, -0.2) is 0 Å². The van der Waals surface area contributed by atoms with Crippen LogP contribution in [-0.2, 0) is 20.9 Å². The second-order valence-electron chi connectivity index (χ2n) is 6.56. The summed E-state index contributed by atoms with van der Waals surface area (Å²) < 4.78 is 22.3. The van der Waals surface area contributed by atoms with Crippen LogP contribution in [0.25, 0.3) is 0 Å². The van der Waals surface area contributed by atoms with E-state index in [0.29, 0.717) is 23.0 Å². The van der Waals surface area contributed by atoms with Crippen LogP contribution in [0.5, 0.6) is 11.5 Å². The van der Waals surface area contributed by atoms with E-state index in [2.05, 4.69) is 0 Å². The molecule has 1 aromatic carbocycles. The zero-order valence-electron chi connectivity index (χ0n) is 14.8. The molecule has 1 unspecified atom stereocenters. The highest BCUT2D eigenvalue weighted by Gasteiger charge is 2.25. The monoisotopic (exact) mass is 332 g/mol. The van der Waals surface area contributed by atoms with E-state index in [1.165, 1.54) is 0 Å². The minimum atomic E-state index is -0.557. The van der Waals surface area contributed by atoms with Crippen molar-refractivity contribution < 1.29 is 23.4 Å². The van der Waals surface area contributed by atoms with Gasteiger partial charge in [-0.05, 0) is 39.8 Å². The molecule has 0 saturated carbocycles. The van der Waals surface area contributed by atoms with Gasteiger partial charge in [0.25, 0.3) is 0 Å². The van der Waals surface area contributed by atoms with Crippen molar-refractivity contribution in [2.45, 2.75) is 40.4 Å². The molecule has 0 aliphatic carbocycles. The van der Waals surface area contributed by atoms with Gasteiger partial charge in [0.1, 0.15) is 24.2 Å². The van der Waals surface area contributed by atoms with Gasteiger partial charge in [-0.2, -0.15) is 0 Å². The first-order valence-corrected chi connectivity index (χ1v) is 7.86. The second kappa shape index (κ2) is 7.53. The Bertz CT molecular complexity index is 667. The van der Waals surface area contributed by atoms with Gasteiger partial charge in [0.05, 0.1) is 5.41 Å². The van der Waals surface area contributed by atoms with E-state index in [-0.39, 0.29) is 18.7 Å². The summed E-state index contributed by atoms with van der Waals surface area (Å²) in [7, 11) is 1.60. The molecule has 0 spiro atoms. The van der Waals surface area contributed by atoms with Crippen LogP contribution >= 0.6 is 0 Å². The zero-order chi connectivity index (χ0) is 17.7. The molecule has 130 valence electrons. The van der Waals surface area contributed by atoms with Gasteiger partial charge in [0.15, 0.2) is 11.5 Å². The molecule has 0 bridgehead atoms. The molecule has 0 fully saturated rings. The average molecular weight is 332 g/mol. The molecule has 2 aromatic rings. The number of ether oxygens (including phenoxy) is 3. The first-order valence-electron chi connectivity index (χ1n) is 7.86. The Labute approximate surface area is 142 Å². The van der Waals surface area contributed by atoms with E-state index >= 15 is 0 Å². The molecule has 1 atom stereocenters. The Morgan fingerprint density at radius 3 is 2.46 bits per heavy atom. The van der Waals surface area contributed by atoms with Crippen LogP contribution in [0.4, 0.5) is 0 Å². The van der Waals surface area contributed by atoms with Gasteiger partial charge in [0, 0.05) is 13.2 Å². The lowest BCUT2D eigenvalue weighted by Gasteiger charge is -2.15. The van der Waals surface area contributed by atoms with E-state index in [1.807, 2.05) is 37.3 Å². The third-order valence-electron chi connectivity index (χ3n) is 3.43. The van der Waals surface area contributed by atoms with Gasteiger partial charge in [0.2, 0.25) is 0 Å². The Kier molecular flexibility index (Phi) is 5.67. The molecular weight excluding hydrogens is 308 g/mol. The number of benzene rings is 1. The summed E-state index contributed by atoms with van der Waals surface area (Å²) in [6.07, 6.45) is -0.282. The highest BCUT2D eigenvalue weighted by molar-refractivity contribution is 5.75. The fourth-order valence-electron chi connectivity index (χ4n) is 1.95. The summed E-state index contributed by atoms with van der Waals surface area (Å²) >= 11 is 0. The van der Waals surface area contributed by atoms with E-state index in [1.54, 1.807) is 33.9 Å². The highest BCUT2D eigenvalue weighted by atomic mass is 16.5. The number of methoxy groups -OCH3 is 1. The van der Waals surface area contributed by atoms with Crippen molar-refractivity contribution in [3.63, 3.8) is 0 Å². The van der Waals surface area contributed by atoms with Crippen LogP contribution in [0.3, 0.4) is 0 Å². The van der Waals surface area contributed by atoms with Crippen molar-refractivity contribution in [2.75, 3.05) is 7.11 Å². The van der Waals surface area contributed by atoms with Crippen molar-refractivity contribution in [2.24, 2.45) is 5.41 Å². The summed E-state index contributed by atoms with van der Waals surface area (Å²) in [6.45, 7) is 7.33. The number of carbonyl (C=O) groups is 1. The first-order chi connectivity index (χ1) is 11.3. The van der Waals surface area contributed by atoms with Crippen molar-refractivity contribution in [1.82, 2.24) is 0 Å². The van der Waals surface area contributed by atoms with Crippen molar-refractivity contribution in [3.05, 3.63) is 47.9 Å². The molecule has 0 aliphatic rings. The number of furan rings is 1. The summed E-state index contributed by atoms with van der Waals surface area (Å²) in [4.78, 5) is 11.9. The number of para-hydroxylation sites is 1. The standard InChI is InChI=1S/C19H24O5/c1-13(21-5)17-16(23-14-9-7-6-8-10-14)11-15(24-17)12-22-18(20)19(2,3)4/h6-11,13H,12H2,1-5H3. The van der Waals surface area contributed by atoms with Crippen molar-refractivity contribution in [1.29, 1.82) is 0 Å². The lowest BCUT2D eigenvalue weighted by molar-refractivity contribution is -0.154. The Hall–Kier alpha value is -2.27. The maximum absolute atomic E-state index is 11.9. The highest BCUT2D eigenvalue weighted by Crippen LogP contribution is 2.34. The van der Waals surface area contributed by atoms with Gasteiger partial charge in [-0.15, -0.1) is 0 Å². The van der Waals surface area contributed by atoms with E-state index in [4.69, 9.17) is 18.6 Å². The van der Waals surface area contributed by atoms with Gasteiger partial charge in [-0.1, -0.05) is 18.2 Å². The molecule has 0 amide bonds. The molecule has 0 aliphatic heterocycles. The topological polar surface area (TPSA) is 57.9 Å². The Morgan fingerprint density at radius 2 is 1.88 bits per heavy atom. The molecule has 1 aromatic heterocycles. The van der Waals surface area contributed by atoms with Crippen LogP contribution in [0.1, 0.15) is 45.3 Å². The quantitative estimate of drug-likeness (QED) is 0.706. The third kappa shape index (κ3) is 4.61. The predicted molar refractivity (Wildman–Crippen MR) is 89.9 cm³/mol. The fourth-order valence-corrected chi connectivity index (χ4v) is 1.95. The van der Waals surface area contributed by atoms with Crippen LogP contribution < -0.4 is 4.74 Å². The normalized spacial score (nSPS) is 12.7. The minimum absolute atomic E-state index is 0.0533. The van der Waals surface area contributed by atoms with Crippen molar-refractivity contribution in [3.8, 4) is 11.5 Å². The largest absolute Gasteiger partial charge is 0.457 e. The summed E-state index contributed by atoms with van der Waals surface area (Å²) in [5, 5.41) is 0. The second-order valence-corrected chi connectivity index (χ2v) is 6.56. The van der Waals surface area contributed by atoms with Gasteiger partial charge >= 0.3 is 5.97 Å². The number of hydrogen-bond acceptors (Lipinski definition) is 5. The number of hydrogen-bond donors (Lipinski definition) is 0. The molecule has 24 heavy (non-hydrogen) atoms. The molecule has 5 nitrogen and oxygen atoms in total. The number of rotatable bonds is 6. The minimum Gasteiger partial charge on any atom is -0.457 e. The first kappa shape index (κ1) is 18.1. The SMILES string of the molecule is COC(C)c1oc(COC(=O)C(C)(C)C)cc1Oc1ccccc1. The number of carbonyl (C=O) groups excluding carboxylic acids is 1. The van der Waals surface area contributed by atoms with Crippen LogP contribution in [0, 0.1) is 5.41 Å². The summed E-state index contributed by atoms with van der Waals surface area (Å²) in [5.74, 6) is 2.03.